The summed E-state index contributed by atoms with van der Waals surface area (Å²) in [6.45, 7) is -1.71. The van der Waals surface area contributed by atoms with Crippen LogP contribution in [0.25, 0.3) is 0 Å². The highest BCUT2D eigenvalue weighted by Gasteiger charge is 2.41. The minimum atomic E-state index is -4.55. The lowest BCUT2D eigenvalue weighted by atomic mass is 10.2. The summed E-state index contributed by atoms with van der Waals surface area (Å²) in [4.78, 5) is 12.0. The third-order valence-corrected chi connectivity index (χ3v) is 5.32. The maximum Gasteiger partial charge on any atom is 0.422 e. The number of hydrogen-bond acceptors (Lipinski definition) is 4. The number of rotatable bonds is 4. The molecular formula is C16H12F3NO4S. The van der Waals surface area contributed by atoms with Crippen molar-refractivity contribution < 1.29 is 31.1 Å². The third kappa shape index (κ3) is 3.46. The lowest BCUT2D eigenvalue weighted by molar-refractivity contribution is -0.153. The zero-order valence-corrected chi connectivity index (χ0v) is 13.5. The molecule has 0 aromatic heterocycles. The number of alkyl halides is 3. The first-order chi connectivity index (χ1) is 11.7. The van der Waals surface area contributed by atoms with Gasteiger partial charge in [-0.2, -0.15) is 13.2 Å². The molecule has 0 fully saturated rings. The Kier molecular flexibility index (Phi) is 4.19. The maximum atomic E-state index is 12.6. The molecule has 0 unspecified atom stereocenters. The molecular weight excluding hydrogens is 359 g/mol. The van der Waals surface area contributed by atoms with E-state index in [0.717, 1.165) is 18.2 Å². The minimum Gasteiger partial charge on any atom is -0.484 e. The van der Waals surface area contributed by atoms with E-state index in [1.165, 1.54) is 0 Å². The van der Waals surface area contributed by atoms with E-state index in [4.69, 9.17) is 0 Å². The summed E-state index contributed by atoms with van der Waals surface area (Å²) in [5, 5.41) is 0. The van der Waals surface area contributed by atoms with Gasteiger partial charge in [0, 0.05) is 6.07 Å². The molecule has 0 N–H and O–H groups in total. The van der Waals surface area contributed by atoms with Gasteiger partial charge in [0.2, 0.25) is 0 Å². The molecule has 2 aromatic carbocycles. The van der Waals surface area contributed by atoms with Crippen molar-refractivity contribution in [2.45, 2.75) is 17.6 Å². The molecule has 0 radical (unpaired) electrons. The summed E-state index contributed by atoms with van der Waals surface area (Å²) in [5.41, 5.74) is 0.524. The predicted molar refractivity (Wildman–Crippen MR) is 81.5 cm³/mol. The summed E-state index contributed by atoms with van der Waals surface area (Å²) < 4.78 is 67.1. The third-order valence-electron chi connectivity index (χ3n) is 3.55. The van der Waals surface area contributed by atoms with Gasteiger partial charge in [0.05, 0.1) is 12.1 Å². The van der Waals surface area contributed by atoms with E-state index < -0.39 is 28.7 Å². The number of amides is 1. The average Bonchev–Trinajstić information content (AvgIpc) is 2.74. The van der Waals surface area contributed by atoms with Crippen LogP contribution in [0.4, 0.5) is 13.2 Å². The number of halogens is 3. The van der Waals surface area contributed by atoms with Crippen molar-refractivity contribution in [2.75, 3.05) is 6.61 Å². The van der Waals surface area contributed by atoms with Gasteiger partial charge >= 0.3 is 6.18 Å². The Labute approximate surface area is 141 Å². The molecule has 2 aromatic rings. The molecule has 1 aliphatic heterocycles. The number of hydrogen-bond donors (Lipinski definition) is 0. The summed E-state index contributed by atoms with van der Waals surface area (Å²) in [6.07, 6.45) is -4.55. The standard InChI is InChI=1S/C16H12F3NO4S/c17-16(18,19)10-24-12-6-7-13-14(8-12)25(22,23)20(15(13)21)9-11-4-2-1-3-5-11/h1-8H,9-10H2. The molecule has 0 spiro atoms. The van der Waals surface area contributed by atoms with Crippen molar-refractivity contribution in [3.8, 4) is 5.75 Å². The minimum absolute atomic E-state index is 0.0877. The fraction of sp³-hybridized carbons (Fsp3) is 0.188. The summed E-state index contributed by atoms with van der Waals surface area (Å²) in [7, 11) is -4.15. The Bertz CT molecular complexity index is 911. The van der Waals surface area contributed by atoms with Crippen LogP contribution in [0.5, 0.6) is 5.75 Å². The molecule has 1 heterocycles. The average molecular weight is 371 g/mol. The number of fused-ring (bicyclic) bond motifs is 1. The van der Waals surface area contributed by atoms with Crippen molar-refractivity contribution in [1.82, 2.24) is 4.31 Å². The smallest absolute Gasteiger partial charge is 0.422 e. The Morgan fingerprint density at radius 1 is 1.04 bits per heavy atom. The van der Waals surface area contributed by atoms with Crippen LogP contribution in [0.3, 0.4) is 0 Å². The quantitative estimate of drug-likeness (QED) is 0.829. The number of nitrogens with zero attached hydrogens (tertiary/aromatic N) is 1. The second-order valence-corrected chi connectivity index (χ2v) is 7.19. The Hall–Kier alpha value is -2.55. The van der Waals surface area contributed by atoms with Crippen molar-refractivity contribution >= 4 is 15.9 Å². The first-order valence-electron chi connectivity index (χ1n) is 7.13. The van der Waals surface area contributed by atoms with Crippen LogP contribution in [0.1, 0.15) is 15.9 Å². The lowest BCUT2D eigenvalue weighted by Crippen LogP contribution is -2.29. The monoisotopic (exact) mass is 371 g/mol. The van der Waals surface area contributed by atoms with Gasteiger partial charge < -0.3 is 4.74 Å². The highest BCUT2D eigenvalue weighted by molar-refractivity contribution is 7.90. The normalized spacial score (nSPS) is 16.0. The molecule has 132 valence electrons. The molecule has 1 aliphatic rings. The summed E-state index contributed by atoms with van der Waals surface area (Å²) >= 11 is 0. The molecule has 3 rings (SSSR count). The van der Waals surface area contributed by atoms with Gasteiger partial charge in [0.1, 0.15) is 10.6 Å². The number of ether oxygens (including phenoxy) is 1. The summed E-state index contributed by atoms with van der Waals surface area (Å²) in [5.74, 6) is -0.991. The molecule has 0 bridgehead atoms. The van der Waals surface area contributed by atoms with Gasteiger partial charge in [-0.25, -0.2) is 12.7 Å². The van der Waals surface area contributed by atoms with Crippen molar-refractivity contribution in [3.05, 3.63) is 59.7 Å². The fourth-order valence-corrected chi connectivity index (χ4v) is 3.99. The van der Waals surface area contributed by atoms with Crippen LogP contribution in [-0.4, -0.2) is 31.4 Å². The molecule has 1 amide bonds. The van der Waals surface area contributed by atoms with Gasteiger partial charge in [0.25, 0.3) is 15.9 Å². The molecule has 0 saturated carbocycles. The highest BCUT2D eigenvalue weighted by Crippen LogP contribution is 2.34. The molecule has 0 saturated heterocycles. The zero-order valence-electron chi connectivity index (χ0n) is 12.7. The highest BCUT2D eigenvalue weighted by atomic mass is 32.2. The number of sulfonamides is 1. The first-order valence-corrected chi connectivity index (χ1v) is 8.57. The predicted octanol–water partition coefficient (Wildman–Crippen LogP) is 2.97. The van der Waals surface area contributed by atoms with Crippen LogP contribution in [0.15, 0.2) is 53.4 Å². The largest absolute Gasteiger partial charge is 0.484 e. The van der Waals surface area contributed by atoms with E-state index in [1.54, 1.807) is 30.3 Å². The second-order valence-electron chi connectivity index (χ2n) is 5.36. The molecule has 0 aliphatic carbocycles. The SMILES string of the molecule is O=C1c2ccc(OCC(F)(F)F)cc2S(=O)(=O)N1Cc1ccccc1. The summed E-state index contributed by atoms with van der Waals surface area (Å²) in [6, 6.07) is 11.8. The molecule has 9 heteroatoms. The van der Waals surface area contributed by atoms with E-state index in [9.17, 15) is 26.4 Å². The van der Waals surface area contributed by atoms with Crippen molar-refractivity contribution in [3.63, 3.8) is 0 Å². The van der Waals surface area contributed by atoms with E-state index in [0.29, 0.717) is 9.87 Å². The lowest BCUT2D eigenvalue weighted by Gasteiger charge is -2.15. The van der Waals surface area contributed by atoms with Gasteiger partial charge in [-0.1, -0.05) is 30.3 Å². The number of carbonyl (C=O) groups excluding carboxylic acids is 1. The molecule has 0 atom stereocenters. The first kappa shape index (κ1) is 17.3. The van der Waals surface area contributed by atoms with Crippen molar-refractivity contribution in [1.29, 1.82) is 0 Å². The van der Waals surface area contributed by atoms with Crippen LogP contribution in [-0.2, 0) is 16.6 Å². The van der Waals surface area contributed by atoms with Gasteiger partial charge in [-0.15, -0.1) is 0 Å². The van der Waals surface area contributed by atoms with Crippen LogP contribution >= 0.6 is 0 Å². The van der Waals surface area contributed by atoms with Crippen LogP contribution < -0.4 is 4.74 Å². The number of carbonyl (C=O) groups is 1. The van der Waals surface area contributed by atoms with Gasteiger partial charge in [-0.05, 0) is 17.7 Å². The zero-order chi connectivity index (χ0) is 18.2. The van der Waals surface area contributed by atoms with Crippen LogP contribution in [0.2, 0.25) is 0 Å². The van der Waals surface area contributed by atoms with Crippen LogP contribution in [0, 0.1) is 0 Å². The topological polar surface area (TPSA) is 63.7 Å². The van der Waals surface area contributed by atoms with E-state index in [2.05, 4.69) is 4.74 Å². The Balaban J connectivity index is 1.90. The number of benzene rings is 2. The Morgan fingerprint density at radius 2 is 1.72 bits per heavy atom. The van der Waals surface area contributed by atoms with Gasteiger partial charge in [-0.3, -0.25) is 4.79 Å². The second kappa shape index (κ2) is 6.07. The molecule has 25 heavy (non-hydrogen) atoms. The maximum absolute atomic E-state index is 12.6. The van der Waals surface area contributed by atoms with Gasteiger partial charge in [0.15, 0.2) is 6.61 Å². The van der Waals surface area contributed by atoms with E-state index >= 15 is 0 Å². The Morgan fingerprint density at radius 3 is 2.36 bits per heavy atom. The molecule has 5 nitrogen and oxygen atoms in total. The van der Waals surface area contributed by atoms with Crippen molar-refractivity contribution in [2.24, 2.45) is 0 Å². The van der Waals surface area contributed by atoms with E-state index in [-0.39, 0.29) is 22.8 Å². The fourth-order valence-electron chi connectivity index (χ4n) is 2.42. The van der Waals surface area contributed by atoms with E-state index in [1.807, 2.05) is 0 Å².